The van der Waals surface area contributed by atoms with Gasteiger partial charge in [0.2, 0.25) is 15.9 Å². The molecule has 46 heavy (non-hydrogen) atoms. The number of urea groups is 1. The third kappa shape index (κ3) is 9.37. The van der Waals surface area contributed by atoms with Crippen LogP contribution in [-0.2, 0) is 29.1 Å². The van der Waals surface area contributed by atoms with Crippen molar-refractivity contribution in [2.75, 3.05) is 45.9 Å². The van der Waals surface area contributed by atoms with Gasteiger partial charge in [0.05, 0.1) is 43.3 Å². The topological polar surface area (TPSA) is 175 Å². The highest BCUT2D eigenvalue weighted by Crippen LogP contribution is 2.30. The average molecular weight is 707 g/mol. The summed E-state index contributed by atoms with van der Waals surface area (Å²) in [6.45, 7) is 5.64. The number of rotatable bonds is 10. The number of likely N-dealkylation sites (tertiary alicyclic amines) is 1. The van der Waals surface area contributed by atoms with Crippen LogP contribution in [0.3, 0.4) is 0 Å². The van der Waals surface area contributed by atoms with Crippen molar-refractivity contribution in [3.8, 4) is 0 Å². The van der Waals surface area contributed by atoms with Crippen LogP contribution in [0.5, 0.6) is 0 Å². The lowest BCUT2D eigenvalue weighted by molar-refractivity contribution is -0.142. The number of ether oxygens (including phenoxy) is 2. The van der Waals surface area contributed by atoms with Crippen LogP contribution in [0.15, 0.2) is 23.1 Å². The Labute approximate surface area is 278 Å². The van der Waals surface area contributed by atoms with Crippen LogP contribution >= 0.6 is 23.2 Å². The van der Waals surface area contributed by atoms with Crippen molar-refractivity contribution in [2.24, 2.45) is 5.92 Å². The molecule has 4 amide bonds. The molecule has 1 aromatic carbocycles. The number of carbonyl (C=O) groups is 4. The molecule has 3 saturated heterocycles. The molecule has 3 heterocycles. The van der Waals surface area contributed by atoms with Crippen LogP contribution in [0.1, 0.15) is 46.0 Å². The van der Waals surface area contributed by atoms with Gasteiger partial charge in [0.25, 0.3) is 0 Å². The normalized spacial score (nSPS) is 23.5. The molecular weight excluding hydrogens is 665 g/mol. The molecule has 0 aliphatic carbocycles. The van der Waals surface area contributed by atoms with Gasteiger partial charge in [-0.3, -0.25) is 4.79 Å². The number of nitrogens with one attached hydrogen (secondary N) is 2. The monoisotopic (exact) mass is 705 g/mol. The van der Waals surface area contributed by atoms with E-state index in [0.29, 0.717) is 51.9 Å². The molecule has 3 aliphatic rings. The highest BCUT2D eigenvalue weighted by molar-refractivity contribution is 7.89. The molecule has 0 aromatic heterocycles. The maximum Gasteiger partial charge on any atom is 0.409 e. The predicted octanol–water partition coefficient (Wildman–Crippen LogP) is 2.77. The summed E-state index contributed by atoms with van der Waals surface area (Å²) in [6, 6.07) is 0.765. The van der Waals surface area contributed by atoms with E-state index in [9.17, 15) is 32.7 Å². The maximum absolute atomic E-state index is 13.3. The largest absolute Gasteiger partial charge is 0.480 e. The highest BCUT2D eigenvalue weighted by atomic mass is 35.5. The SMILES string of the molecule is C[C@@H]1CN(C(=O)OCCC2CCN(C(=O)NC[C@H](NC(=O)[C@@H]3CCCN3S(=O)(=O)c3cc(Cl)cc(Cl)c3)C(=O)O)CC2)C[C@H](C)O1. The van der Waals surface area contributed by atoms with Crippen LogP contribution in [0, 0.1) is 5.92 Å². The molecule has 0 spiro atoms. The number of carboxylic acid groups (broad SMARTS) is 1. The second-order valence-electron chi connectivity index (χ2n) is 12.0. The summed E-state index contributed by atoms with van der Waals surface area (Å²) < 4.78 is 38.7. The molecule has 3 fully saturated rings. The number of nitrogens with zero attached hydrogens (tertiary/aromatic N) is 3. The fourth-order valence-corrected chi connectivity index (χ4v) is 8.41. The van der Waals surface area contributed by atoms with Crippen molar-refractivity contribution in [1.82, 2.24) is 24.7 Å². The molecule has 0 radical (unpaired) electrons. The summed E-state index contributed by atoms with van der Waals surface area (Å²) in [7, 11) is -4.15. The summed E-state index contributed by atoms with van der Waals surface area (Å²) in [5, 5.41) is 14.9. The minimum Gasteiger partial charge on any atom is -0.480 e. The van der Waals surface area contributed by atoms with Crippen LogP contribution in [-0.4, -0.2) is 122 Å². The number of piperidine rings is 1. The third-order valence-electron chi connectivity index (χ3n) is 8.35. The number of halogens is 2. The van der Waals surface area contributed by atoms with E-state index in [1.54, 1.807) is 9.80 Å². The van der Waals surface area contributed by atoms with E-state index in [4.69, 9.17) is 32.7 Å². The summed E-state index contributed by atoms with van der Waals surface area (Å²) in [4.78, 5) is 53.3. The molecule has 3 N–H and O–H groups in total. The summed E-state index contributed by atoms with van der Waals surface area (Å²) >= 11 is 12.0. The molecule has 4 rings (SSSR count). The van der Waals surface area contributed by atoms with Crippen LogP contribution < -0.4 is 10.6 Å². The van der Waals surface area contributed by atoms with Gasteiger partial charge in [-0.1, -0.05) is 23.2 Å². The summed E-state index contributed by atoms with van der Waals surface area (Å²) in [5.41, 5.74) is 0. The van der Waals surface area contributed by atoms with Gasteiger partial charge in [0, 0.05) is 29.7 Å². The fraction of sp³-hybridized carbons (Fsp3) is 0.655. The Hall–Kier alpha value is -2.85. The molecule has 0 bridgehead atoms. The molecule has 0 saturated carbocycles. The first-order valence-corrected chi connectivity index (χ1v) is 17.5. The van der Waals surface area contributed by atoms with Crippen molar-refractivity contribution >= 4 is 57.2 Å². The van der Waals surface area contributed by atoms with Crippen molar-refractivity contribution in [3.05, 3.63) is 28.2 Å². The van der Waals surface area contributed by atoms with Crippen molar-refractivity contribution in [1.29, 1.82) is 0 Å². The number of hydrogen-bond acceptors (Lipinski definition) is 8. The van der Waals surface area contributed by atoms with Gasteiger partial charge < -0.3 is 35.0 Å². The zero-order valence-electron chi connectivity index (χ0n) is 25.8. The zero-order valence-corrected chi connectivity index (χ0v) is 28.2. The van der Waals surface area contributed by atoms with Gasteiger partial charge in [-0.15, -0.1) is 0 Å². The second kappa shape index (κ2) is 15.8. The Morgan fingerprint density at radius 2 is 1.63 bits per heavy atom. The fourth-order valence-electron chi connectivity index (χ4n) is 6.03. The first-order chi connectivity index (χ1) is 21.7. The van der Waals surface area contributed by atoms with E-state index in [1.807, 2.05) is 13.8 Å². The summed E-state index contributed by atoms with van der Waals surface area (Å²) in [6.07, 6.45) is 2.20. The molecular formula is C29H41Cl2N5O9S. The summed E-state index contributed by atoms with van der Waals surface area (Å²) in [5.74, 6) is -1.90. The number of amides is 4. The van der Waals surface area contributed by atoms with Gasteiger partial charge in [0.15, 0.2) is 0 Å². The van der Waals surface area contributed by atoms with Crippen molar-refractivity contribution in [3.63, 3.8) is 0 Å². The second-order valence-corrected chi connectivity index (χ2v) is 14.7. The Morgan fingerprint density at radius 1 is 1.00 bits per heavy atom. The van der Waals surface area contributed by atoms with E-state index in [2.05, 4.69) is 10.6 Å². The van der Waals surface area contributed by atoms with Gasteiger partial charge in [-0.05, 0) is 70.1 Å². The van der Waals surface area contributed by atoms with Gasteiger partial charge >= 0.3 is 18.1 Å². The predicted molar refractivity (Wildman–Crippen MR) is 168 cm³/mol. The lowest BCUT2D eigenvalue weighted by atomic mass is 9.94. The molecule has 14 nitrogen and oxygen atoms in total. The third-order valence-corrected chi connectivity index (χ3v) is 10.7. The maximum atomic E-state index is 13.3. The van der Waals surface area contributed by atoms with Gasteiger partial charge in [-0.25, -0.2) is 22.8 Å². The van der Waals surface area contributed by atoms with E-state index in [-0.39, 0.29) is 58.7 Å². The minimum absolute atomic E-state index is 0.0452. The molecule has 17 heteroatoms. The number of benzene rings is 1. The first kappa shape index (κ1) is 36.0. The number of aliphatic carboxylic acids is 1. The average Bonchev–Trinajstić information content (AvgIpc) is 3.49. The minimum atomic E-state index is -4.15. The van der Waals surface area contributed by atoms with E-state index in [0.717, 1.165) is 4.31 Å². The quantitative estimate of drug-likeness (QED) is 0.331. The van der Waals surface area contributed by atoms with Crippen LogP contribution in [0.2, 0.25) is 10.0 Å². The number of carbonyl (C=O) groups excluding carboxylic acids is 3. The van der Waals surface area contributed by atoms with Gasteiger partial charge in [0.1, 0.15) is 12.1 Å². The smallest absolute Gasteiger partial charge is 0.409 e. The molecule has 4 atom stereocenters. The number of morpholine rings is 1. The van der Waals surface area contributed by atoms with Crippen molar-refractivity contribution < 1.29 is 42.2 Å². The van der Waals surface area contributed by atoms with Crippen LogP contribution in [0.4, 0.5) is 9.59 Å². The number of hydrogen-bond donors (Lipinski definition) is 3. The molecule has 3 aliphatic heterocycles. The lowest BCUT2D eigenvalue weighted by Crippen LogP contribution is -2.55. The number of sulfonamides is 1. The Morgan fingerprint density at radius 3 is 2.24 bits per heavy atom. The highest BCUT2D eigenvalue weighted by Gasteiger charge is 2.41. The number of carboxylic acids is 1. The Balaban J connectivity index is 1.21. The standard InChI is InChI=1S/C29H41Cl2N5O9S/c1-18-16-35(17-19(2)45-18)29(41)44-11-7-20-5-9-34(10-6-20)28(40)32-15-24(27(38)39)33-26(37)25-4-3-8-36(25)46(42,43)23-13-21(30)12-22(31)14-23/h12-14,18-20,24-25H,3-11,15-17H2,1-2H3,(H,32,40)(H,33,37)(H,38,39)/t18-,19+,24-,25-/m0/s1. The lowest BCUT2D eigenvalue weighted by Gasteiger charge is -2.35. The molecule has 1 aromatic rings. The van der Waals surface area contributed by atoms with E-state index >= 15 is 0 Å². The first-order valence-electron chi connectivity index (χ1n) is 15.4. The zero-order chi connectivity index (χ0) is 33.6. The molecule has 256 valence electrons. The Bertz CT molecular complexity index is 1360. The van der Waals surface area contributed by atoms with Gasteiger partial charge in [-0.2, -0.15) is 4.31 Å². The van der Waals surface area contributed by atoms with E-state index in [1.165, 1.54) is 18.2 Å². The van der Waals surface area contributed by atoms with E-state index < -0.39 is 46.6 Å². The Kier molecular flexibility index (Phi) is 12.4. The molecule has 0 unspecified atom stereocenters. The van der Waals surface area contributed by atoms with Crippen LogP contribution in [0.25, 0.3) is 0 Å². The van der Waals surface area contributed by atoms with Crippen molar-refractivity contribution in [2.45, 2.75) is 75.1 Å².